The monoisotopic (exact) mass is 213 g/mol. The van der Waals surface area contributed by atoms with Crippen molar-refractivity contribution in [3.05, 3.63) is 0 Å². The maximum Gasteiger partial charge on any atom is 0.251 e. The van der Waals surface area contributed by atoms with Gasteiger partial charge in [0.2, 0.25) is 0 Å². The highest BCUT2D eigenvalue weighted by Gasteiger charge is 2.31. The van der Waals surface area contributed by atoms with Crippen molar-refractivity contribution in [2.24, 2.45) is 5.92 Å². The maximum atomic E-state index is 12.0. The van der Waals surface area contributed by atoms with Crippen LogP contribution in [0.2, 0.25) is 0 Å². The van der Waals surface area contributed by atoms with Crippen molar-refractivity contribution in [2.45, 2.75) is 31.8 Å². The van der Waals surface area contributed by atoms with E-state index < -0.39 is 0 Å². The molecule has 2 fully saturated rings. The summed E-state index contributed by atoms with van der Waals surface area (Å²) in [6.45, 7) is 2.39. The van der Waals surface area contributed by atoms with Crippen molar-refractivity contribution >= 4 is 5.91 Å². The second-order valence-electron chi connectivity index (χ2n) is 4.48. The van der Waals surface area contributed by atoms with E-state index in [-0.39, 0.29) is 24.5 Å². The molecule has 2 heterocycles. The maximum absolute atomic E-state index is 12.0. The predicted molar refractivity (Wildman–Crippen MR) is 55.4 cm³/mol. The smallest absolute Gasteiger partial charge is 0.251 e. The first-order valence-electron chi connectivity index (χ1n) is 5.82. The van der Waals surface area contributed by atoms with Crippen molar-refractivity contribution in [1.29, 1.82) is 0 Å². The quantitative estimate of drug-likeness (QED) is 0.722. The molecule has 0 aliphatic carbocycles. The third-order valence-electron chi connectivity index (χ3n) is 3.31. The van der Waals surface area contributed by atoms with E-state index in [0.29, 0.717) is 13.2 Å². The van der Waals surface area contributed by atoms with Crippen molar-refractivity contribution < 1.29 is 14.6 Å². The SMILES string of the molecule is O=C(C1CCCCO1)N1CCC(CO)C1. The third kappa shape index (κ3) is 2.49. The first-order chi connectivity index (χ1) is 7.31. The van der Waals surface area contributed by atoms with Crippen LogP contribution in [0.15, 0.2) is 0 Å². The molecule has 2 unspecified atom stereocenters. The Hall–Kier alpha value is -0.610. The van der Waals surface area contributed by atoms with Gasteiger partial charge in [0.05, 0.1) is 0 Å². The average Bonchev–Trinajstić information content (AvgIpc) is 2.78. The molecule has 2 aliphatic heterocycles. The molecule has 15 heavy (non-hydrogen) atoms. The molecular formula is C11H19NO3. The van der Waals surface area contributed by atoms with E-state index in [0.717, 1.165) is 32.2 Å². The number of ether oxygens (including phenoxy) is 1. The molecule has 2 rings (SSSR count). The summed E-state index contributed by atoms with van der Waals surface area (Å²) < 4.78 is 5.47. The molecule has 4 heteroatoms. The van der Waals surface area contributed by atoms with E-state index in [1.54, 1.807) is 0 Å². The van der Waals surface area contributed by atoms with Crippen LogP contribution in [0.5, 0.6) is 0 Å². The van der Waals surface area contributed by atoms with Gasteiger partial charge < -0.3 is 14.7 Å². The van der Waals surface area contributed by atoms with Crippen LogP contribution in [0.3, 0.4) is 0 Å². The summed E-state index contributed by atoms with van der Waals surface area (Å²) in [6.07, 6.45) is 3.74. The number of hydrogen-bond donors (Lipinski definition) is 1. The topological polar surface area (TPSA) is 49.8 Å². The standard InChI is InChI=1S/C11H19NO3/c13-8-9-4-5-12(7-9)11(14)10-3-1-2-6-15-10/h9-10,13H,1-8H2. The molecule has 0 aromatic heterocycles. The number of aliphatic hydroxyl groups excluding tert-OH is 1. The van der Waals surface area contributed by atoms with Crippen molar-refractivity contribution in [1.82, 2.24) is 4.90 Å². The van der Waals surface area contributed by atoms with Gasteiger partial charge in [-0.1, -0.05) is 0 Å². The van der Waals surface area contributed by atoms with Crippen LogP contribution in [0.25, 0.3) is 0 Å². The van der Waals surface area contributed by atoms with Crippen molar-refractivity contribution in [2.75, 3.05) is 26.3 Å². The third-order valence-corrected chi connectivity index (χ3v) is 3.31. The number of carbonyl (C=O) groups excluding carboxylic acids is 1. The van der Waals surface area contributed by atoms with Crippen molar-refractivity contribution in [3.63, 3.8) is 0 Å². The van der Waals surface area contributed by atoms with Crippen LogP contribution in [-0.4, -0.2) is 48.3 Å². The van der Waals surface area contributed by atoms with E-state index in [1.165, 1.54) is 0 Å². The molecule has 0 aromatic rings. The molecule has 1 amide bonds. The number of likely N-dealkylation sites (tertiary alicyclic amines) is 1. The van der Waals surface area contributed by atoms with Crippen LogP contribution < -0.4 is 0 Å². The highest BCUT2D eigenvalue weighted by Crippen LogP contribution is 2.20. The number of amides is 1. The fourth-order valence-electron chi connectivity index (χ4n) is 2.32. The second-order valence-corrected chi connectivity index (χ2v) is 4.48. The lowest BCUT2D eigenvalue weighted by atomic mass is 10.1. The Bertz CT molecular complexity index is 226. The Morgan fingerprint density at radius 1 is 1.40 bits per heavy atom. The summed E-state index contributed by atoms with van der Waals surface area (Å²) >= 11 is 0. The summed E-state index contributed by atoms with van der Waals surface area (Å²) in [4.78, 5) is 13.8. The lowest BCUT2D eigenvalue weighted by Gasteiger charge is -2.26. The highest BCUT2D eigenvalue weighted by molar-refractivity contribution is 5.81. The van der Waals surface area contributed by atoms with Gasteiger partial charge in [-0.2, -0.15) is 0 Å². The van der Waals surface area contributed by atoms with E-state index in [1.807, 2.05) is 4.90 Å². The number of nitrogens with zero attached hydrogens (tertiary/aromatic N) is 1. The molecule has 1 N–H and O–H groups in total. The zero-order valence-corrected chi connectivity index (χ0v) is 9.02. The van der Waals surface area contributed by atoms with E-state index in [9.17, 15) is 4.79 Å². The van der Waals surface area contributed by atoms with E-state index in [4.69, 9.17) is 9.84 Å². The average molecular weight is 213 g/mol. The van der Waals surface area contributed by atoms with Crippen molar-refractivity contribution in [3.8, 4) is 0 Å². The molecule has 86 valence electrons. The summed E-state index contributed by atoms with van der Waals surface area (Å²) in [5.41, 5.74) is 0. The Morgan fingerprint density at radius 3 is 2.87 bits per heavy atom. The molecule has 0 radical (unpaired) electrons. The van der Waals surface area contributed by atoms with Gasteiger partial charge in [-0.3, -0.25) is 4.79 Å². The van der Waals surface area contributed by atoms with Gasteiger partial charge in [0, 0.05) is 32.2 Å². The molecule has 0 aromatic carbocycles. The van der Waals surface area contributed by atoms with Gasteiger partial charge in [-0.15, -0.1) is 0 Å². The number of rotatable bonds is 2. The Kier molecular flexibility index (Phi) is 3.59. The molecule has 0 spiro atoms. The van der Waals surface area contributed by atoms with Gasteiger partial charge in [0.25, 0.3) is 5.91 Å². The van der Waals surface area contributed by atoms with Gasteiger partial charge in [-0.05, 0) is 25.7 Å². The lowest BCUT2D eigenvalue weighted by molar-refractivity contribution is -0.145. The van der Waals surface area contributed by atoms with Crippen LogP contribution >= 0.6 is 0 Å². The van der Waals surface area contributed by atoms with Crippen LogP contribution in [0, 0.1) is 5.92 Å². The minimum absolute atomic E-state index is 0.130. The molecule has 2 atom stereocenters. The van der Waals surface area contributed by atoms with Crippen LogP contribution in [0.1, 0.15) is 25.7 Å². The zero-order valence-electron chi connectivity index (χ0n) is 9.02. The summed E-state index contributed by atoms with van der Waals surface area (Å²) in [6, 6.07) is 0. The van der Waals surface area contributed by atoms with E-state index in [2.05, 4.69) is 0 Å². The van der Waals surface area contributed by atoms with Crippen LogP contribution in [0.4, 0.5) is 0 Å². The highest BCUT2D eigenvalue weighted by atomic mass is 16.5. The van der Waals surface area contributed by atoms with Gasteiger partial charge >= 0.3 is 0 Å². The molecule has 0 saturated carbocycles. The Morgan fingerprint density at radius 2 is 2.27 bits per heavy atom. The molecule has 4 nitrogen and oxygen atoms in total. The fraction of sp³-hybridized carbons (Fsp3) is 0.909. The summed E-state index contributed by atoms with van der Waals surface area (Å²) in [5.74, 6) is 0.406. The summed E-state index contributed by atoms with van der Waals surface area (Å²) in [5, 5.41) is 9.01. The van der Waals surface area contributed by atoms with Gasteiger partial charge in [0.15, 0.2) is 0 Å². The predicted octanol–water partition coefficient (Wildman–Crippen LogP) is 0.396. The molecule has 2 aliphatic rings. The largest absolute Gasteiger partial charge is 0.396 e. The number of aliphatic hydroxyl groups is 1. The first-order valence-corrected chi connectivity index (χ1v) is 5.82. The first kappa shape index (κ1) is 10.9. The Labute approximate surface area is 90.2 Å². The molecular weight excluding hydrogens is 194 g/mol. The van der Waals surface area contributed by atoms with E-state index >= 15 is 0 Å². The number of carbonyl (C=O) groups is 1. The van der Waals surface area contributed by atoms with Gasteiger partial charge in [-0.25, -0.2) is 0 Å². The minimum Gasteiger partial charge on any atom is -0.396 e. The van der Waals surface area contributed by atoms with Gasteiger partial charge in [0.1, 0.15) is 6.10 Å². The molecule has 0 bridgehead atoms. The fourth-order valence-corrected chi connectivity index (χ4v) is 2.32. The summed E-state index contributed by atoms with van der Waals surface area (Å²) in [7, 11) is 0. The second kappa shape index (κ2) is 4.94. The number of hydrogen-bond acceptors (Lipinski definition) is 3. The van der Waals surface area contributed by atoms with Crippen LogP contribution in [-0.2, 0) is 9.53 Å². The molecule has 2 saturated heterocycles. The lowest BCUT2D eigenvalue weighted by Crippen LogP contribution is -2.40. The normalized spacial score (nSPS) is 31.9. The minimum atomic E-state index is -0.212. The Balaban J connectivity index is 1.85. The zero-order chi connectivity index (χ0) is 10.7.